The number of allylic oxidation sites excluding steroid dienone is 23. The zero-order chi connectivity index (χ0) is 58.1. The average molecular weight is 1120 g/mol. The molecule has 1 amide bonds. The molecule has 2 aliphatic rings. The van der Waals surface area contributed by atoms with Crippen molar-refractivity contribution in [2.24, 2.45) is 0 Å². The van der Waals surface area contributed by atoms with Crippen LogP contribution in [0, 0.1) is 0 Å². The van der Waals surface area contributed by atoms with Crippen molar-refractivity contribution in [1.29, 1.82) is 0 Å². The van der Waals surface area contributed by atoms with E-state index in [0.29, 0.717) is 12.8 Å². The summed E-state index contributed by atoms with van der Waals surface area (Å²) in [5.74, 6) is -0.294. The highest BCUT2D eigenvalue weighted by Crippen LogP contribution is 2.30. The molecular formula is C66H105NO13. The molecule has 0 aromatic carbocycles. The minimum atomic E-state index is -1.80. The lowest BCUT2D eigenvalue weighted by atomic mass is 9.97. The number of aliphatic hydroxyl groups is 8. The monoisotopic (exact) mass is 1120 g/mol. The maximum Gasteiger partial charge on any atom is 0.220 e. The van der Waals surface area contributed by atoms with Crippen LogP contribution < -0.4 is 5.32 Å². The quantitative estimate of drug-likeness (QED) is 0.0205. The minimum Gasteiger partial charge on any atom is -0.394 e. The highest BCUT2D eigenvalue weighted by molar-refractivity contribution is 5.76. The maximum absolute atomic E-state index is 13.2. The number of nitrogens with one attached hydrogen (secondary N) is 1. The predicted molar refractivity (Wildman–Crippen MR) is 322 cm³/mol. The first-order valence-corrected chi connectivity index (χ1v) is 30.1. The van der Waals surface area contributed by atoms with Gasteiger partial charge in [0.05, 0.1) is 32.0 Å². The van der Waals surface area contributed by atoms with Crippen LogP contribution in [0.3, 0.4) is 0 Å². The fraction of sp³-hybridized carbons (Fsp3) is 0.621. The van der Waals surface area contributed by atoms with Crippen LogP contribution in [0.15, 0.2) is 146 Å². The Morgan fingerprint density at radius 3 is 1.36 bits per heavy atom. The Kier molecular flexibility index (Phi) is 44.5. The number of hydrogen-bond acceptors (Lipinski definition) is 13. The molecule has 0 aromatic rings. The third-order valence-corrected chi connectivity index (χ3v) is 13.5. The van der Waals surface area contributed by atoms with Gasteiger partial charge in [-0.25, -0.2) is 0 Å². The highest BCUT2D eigenvalue weighted by Gasteiger charge is 2.51. The molecule has 0 bridgehead atoms. The van der Waals surface area contributed by atoms with Crippen molar-refractivity contribution in [3.05, 3.63) is 146 Å². The van der Waals surface area contributed by atoms with E-state index < -0.39 is 86.8 Å². The third-order valence-electron chi connectivity index (χ3n) is 13.5. The van der Waals surface area contributed by atoms with E-state index in [1.54, 1.807) is 6.08 Å². The zero-order valence-corrected chi connectivity index (χ0v) is 48.5. The standard InChI is InChI=1S/C66H105NO13/c1-3-5-7-9-11-13-15-17-19-20-21-22-23-24-25-26-27-28-29-30-31-32-33-34-36-38-40-42-44-46-48-50-58(71)67-54(55(70)49-47-45-43-41-39-37-35-18-16-14-12-10-8-6-4-2)53-77-65-63(76)61(74)64(57(52-69)79-65)80-66-62(75)60(73)59(72)56(51-68)78-66/h5,7,11,13,16-19,21-22,24-25,27-28,30-31,33-34,38-41,47,49,54-57,59-66,68-70,72-76H,3-4,6,8-10,12,14-15,20,23,26,29,32,35-37,42-46,48,50-53H2,1-2H3,(H,67,71)/b7-5-,13-11-,18-16+,19-17-,22-21-,25-24-,28-27-,31-30-,34-33-,40-38-,41-39+,49-47+. The summed E-state index contributed by atoms with van der Waals surface area (Å²) in [6, 6.07) is -0.967. The molecule has 2 heterocycles. The van der Waals surface area contributed by atoms with E-state index in [2.05, 4.69) is 153 Å². The summed E-state index contributed by atoms with van der Waals surface area (Å²) >= 11 is 0. The first kappa shape index (κ1) is 72.0. The van der Waals surface area contributed by atoms with Crippen molar-refractivity contribution >= 4 is 5.91 Å². The van der Waals surface area contributed by atoms with Crippen molar-refractivity contribution in [1.82, 2.24) is 5.32 Å². The summed E-state index contributed by atoms with van der Waals surface area (Å²) in [7, 11) is 0. The van der Waals surface area contributed by atoms with E-state index >= 15 is 0 Å². The number of amides is 1. The van der Waals surface area contributed by atoms with Gasteiger partial charge in [0.15, 0.2) is 12.6 Å². The second kappa shape index (κ2) is 49.5. The molecule has 0 aromatic heterocycles. The lowest BCUT2D eigenvalue weighted by molar-refractivity contribution is -0.359. The fourth-order valence-corrected chi connectivity index (χ4v) is 8.67. The molecule has 0 aliphatic carbocycles. The molecule has 9 N–H and O–H groups in total. The van der Waals surface area contributed by atoms with E-state index in [0.717, 1.165) is 103 Å². The smallest absolute Gasteiger partial charge is 0.220 e. The third kappa shape index (κ3) is 34.3. The molecule has 12 unspecified atom stereocenters. The van der Waals surface area contributed by atoms with E-state index in [1.807, 2.05) is 6.08 Å². The number of rotatable bonds is 45. The van der Waals surface area contributed by atoms with Crippen molar-refractivity contribution in [2.45, 2.75) is 242 Å². The maximum atomic E-state index is 13.2. The molecule has 2 rings (SSSR count). The van der Waals surface area contributed by atoms with Crippen LogP contribution >= 0.6 is 0 Å². The van der Waals surface area contributed by atoms with Gasteiger partial charge in [0, 0.05) is 6.42 Å². The molecular weight excluding hydrogens is 1010 g/mol. The Bertz CT molecular complexity index is 1900. The lowest BCUT2D eigenvalue weighted by Crippen LogP contribution is -2.65. The Morgan fingerprint density at radius 2 is 0.875 bits per heavy atom. The van der Waals surface area contributed by atoms with Gasteiger partial charge in [-0.15, -0.1) is 0 Å². The van der Waals surface area contributed by atoms with Crippen molar-refractivity contribution in [3.8, 4) is 0 Å². The van der Waals surface area contributed by atoms with Crippen LogP contribution in [-0.2, 0) is 23.7 Å². The van der Waals surface area contributed by atoms with Gasteiger partial charge >= 0.3 is 0 Å². The number of unbranched alkanes of at least 4 members (excludes halogenated alkanes) is 10. The van der Waals surface area contributed by atoms with Crippen LogP contribution in [0.5, 0.6) is 0 Å². The Morgan fingerprint density at radius 1 is 0.463 bits per heavy atom. The number of ether oxygens (including phenoxy) is 4. The fourth-order valence-electron chi connectivity index (χ4n) is 8.67. The number of aliphatic hydroxyl groups excluding tert-OH is 8. The lowest BCUT2D eigenvalue weighted by Gasteiger charge is -2.46. The van der Waals surface area contributed by atoms with Gasteiger partial charge in [-0.1, -0.05) is 192 Å². The molecule has 80 heavy (non-hydrogen) atoms. The summed E-state index contributed by atoms with van der Waals surface area (Å²) in [6.45, 7) is 2.58. The molecule has 2 fully saturated rings. The topological polar surface area (TPSA) is 228 Å². The van der Waals surface area contributed by atoms with Gasteiger partial charge in [-0.3, -0.25) is 4.79 Å². The number of carbonyl (C=O) groups is 1. The van der Waals surface area contributed by atoms with Crippen LogP contribution in [0.2, 0.25) is 0 Å². The zero-order valence-electron chi connectivity index (χ0n) is 48.5. The first-order chi connectivity index (χ1) is 39.1. The van der Waals surface area contributed by atoms with Gasteiger partial charge in [0.25, 0.3) is 0 Å². The van der Waals surface area contributed by atoms with E-state index in [1.165, 1.54) is 32.1 Å². The molecule has 0 saturated carbocycles. The molecule has 12 atom stereocenters. The van der Waals surface area contributed by atoms with Crippen LogP contribution in [-0.4, -0.2) is 140 Å². The second-order valence-electron chi connectivity index (χ2n) is 20.4. The Labute approximate surface area is 481 Å². The van der Waals surface area contributed by atoms with Crippen molar-refractivity contribution < 1.29 is 64.6 Å². The predicted octanol–water partition coefficient (Wildman–Crippen LogP) is 10.5. The molecule has 452 valence electrons. The molecule has 14 heteroatoms. The average Bonchev–Trinajstić information content (AvgIpc) is 3.46. The van der Waals surface area contributed by atoms with Gasteiger partial charge in [0.2, 0.25) is 5.91 Å². The van der Waals surface area contributed by atoms with E-state index in [-0.39, 0.29) is 18.9 Å². The van der Waals surface area contributed by atoms with Gasteiger partial charge < -0.3 is 65.1 Å². The van der Waals surface area contributed by atoms with Gasteiger partial charge in [0.1, 0.15) is 48.8 Å². The summed E-state index contributed by atoms with van der Waals surface area (Å²) in [5, 5.41) is 87.0. The SMILES string of the molecule is CC/C=C\C/C=C\C/C=C\C/C=C\C/C=C\C/C=C\C/C=C\C/C=C\C/C=C\CCCCCC(=O)NC(COC1OC(CO)C(OC2OC(CO)C(O)C(O)C2O)C(O)C1O)C(O)/C=C/CC/C=C/CC/C=C/CCCCCCC. The van der Waals surface area contributed by atoms with Gasteiger partial charge in [-0.2, -0.15) is 0 Å². The molecule has 0 radical (unpaired) electrons. The van der Waals surface area contributed by atoms with Crippen molar-refractivity contribution in [2.75, 3.05) is 19.8 Å². The summed E-state index contributed by atoms with van der Waals surface area (Å²) in [6.07, 6.45) is 57.4. The summed E-state index contributed by atoms with van der Waals surface area (Å²) in [4.78, 5) is 13.2. The molecule has 0 spiro atoms. The van der Waals surface area contributed by atoms with Crippen LogP contribution in [0.1, 0.15) is 168 Å². The first-order valence-electron chi connectivity index (χ1n) is 30.1. The minimum absolute atomic E-state index is 0.219. The summed E-state index contributed by atoms with van der Waals surface area (Å²) in [5.41, 5.74) is 0. The van der Waals surface area contributed by atoms with Crippen LogP contribution in [0.4, 0.5) is 0 Å². The number of carbonyl (C=O) groups excluding carboxylic acids is 1. The highest BCUT2D eigenvalue weighted by atomic mass is 16.7. The molecule has 2 saturated heterocycles. The van der Waals surface area contributed by atoms with E-state index in [4.69, 9.17) is 18.9 Å². The summed E-state index contributed by atoms with van der Waals surface area (Å²) < 4.78 is 22.7. The molecule has 2 aliphatic heterocycles. The van der Waals surface area contributed by atoms with Crippen molar-refractivity contribution in [3.63, 3.8) is 0 Å². The van der Waals surface area contributed by atoms with Crippen LogP contribution in [0.25, 0.3) is 0 Å². The number of hydrogen-bond donors (Lipinski definition) is 9. The Balaban J connectivity index is 1.77. The second-order valence-corrected chi connectivity index (χ2v) is 20.4. The normalized spacial score (nSPS) is 25.3. The molecule has 14 nitrogen and oxygen atoms in total. The van der Waals surface area contributed by atoms with Gasteiger partial charge in [-0.05, 0) is 116 Å². The largest absolute Gasteiger partial charge is 0.394 e. The van der Waals surface area contributed by atoms with E-state index in [9.17, 15) is 45.6 Å². The Hall–Kier alpha value is -4.13.